The monoisotopic (exact) mass is 255 g/mol. The van der Waals surface area contributed by atoms with Crippen LogP contribution in [0.1, 0.15) is 37.2 Å². The predicted molar refractivity (Wildman–Crippen MR) is 78.1 cm³/mol. The molecule has 0 bridgehead atoms. The fraction of sp³-hybridized carbons (Fsp3) is 0.438. The Kier molecular flexibility index (Phi) is 2.94. The first-order valence-electron chi connectivity index (χ1n) is 6.98. The Morgan fingerprint density at radius 3 is 2.84 bits per heavy atom. The van der Waals surface area contributed by atoms with Crippen molar-refractivity contribution in [2.24, 2.45) is 5.73 Å². The van der Waals surface area contributed by atoms with E-state index in [1.165, 1.54) is 36.0 Å². The molecular weight excluding hydrogens is 234 g/mol. The molecule has 3 nitrogen and oxygen atoms in total. The van der Waals surface area contributed by atoms with Gasteiger partial charge in [0.25, 0.3) is 0 Å². The van der Waals surface area contributed by atoms with Gasteiger partial charge in [0.2, 0.25) is 0 Å². The van der Waals surface area contributed by atoms with Crippen LogP contribution in [0.4, 0.5) is 0 Å². The number of fused-ring (bicyclic) bond motifs is 1. The maximum absolute atomic E-state index is 5.80. The van der Waals surface area contributed by atoms with Crippen molar-refractivity contribution in [3.8, 4) is 11.3 Å². The van der Waals surface area contributed by atoms with Gasteiger partial charge in [-0.05, 0) is 42.0 Å². The predicted octanol–water partition coefficient (Wildman–Crippen LogP) is 2.80. The van der Waals surface area contributed by atoms with Gasteiger partial charge >= 0.3 is 0 Å². The third-order valence-electron chi connectivity index (χ3n) is 4.14. The molecular formula is C16H21N3. The topological polar surface area (TPSA) is 54.7 Å². The van der Waals surface area contributed by atoms with Crippen molar-refractivity contribution in [1.29, 1.82) is 0 Å². The highest BCUT2D eigenvalue weighted by Gasteiger charge is 2.22. The number of H-pyrrole nitrogens is 1. The summed E-state index contributed by atoms with van der Waals surface area (Å²) in [6, 6.07) is 6.75. The van der Waals surface area contributed by atoms with E-state index in [9.17, 15) is 0 Å². The first-order valence-corrected chi connectivity index (χ1v) is 6.98. The minimum Gasteiger partial charge on any atom is -0.342 e. The molecule has 0 radical (unpaired) electrons. The summed E-state index contributed by atoms with van der Waals surface area (Å²) in [6.45, 7) is 4.81. The third kappa shape index (κ3) is 2.19. The molecule has 3 rings (SSSR count). The second kappa shape index (κ2) is 4.49. The van der Waals surface area contributed by atoms with Crippen LogP contribution in [0.5, 0.6) is 0 Å². The Morgan fingerprint density at radius 2 is 2.05 bits per heavy atom. The molecule has 1 heterocycles. The maximum Gasteiger partial charge on any atom is 0.113 e. The summed E-state index contributed by atoms with van der Waals surface area (Å²) in [5.74, 6) is 0.963. The lowest BCUT2D eigenvalue weighted by Gasteiger charge is -2.18. The summed E-state index contributed by atoms with van der Waals surface area (Å²) >= 11 is 0. The number of aromatic amines is 1. The van der Waals surface area contributed by atoms with E-state index in [0.29, 0.717) is 6.54 Å². The van der Waals surface area contributed by atoms with Crippen molar-refractivity contribution in [3.63, 3.8) is 0 Å². The molecule has 0 saturated carbocycles. The van der Waals surface area contributed by atoms with Crippen molar-refractivity contribution in [3.05, 3.63) is 41.3 Å². The van der Waals surface area contributed by atoms with Gasteiger partial charge < -0.3 is 10.7 Å². The number of hydrogen-bond donors (Lipinski definition) is 2. The molecule has 0 saturated heterocycles. The molecule has 19 heavy (non-hydrogen) atoms. The van der Waals surface area contributed by atoms with Crippen LogP contribution in [-0.2, 0) is 18.3 Å². The first-order chi connectivity index (χ1) is 9.10. The van der Waals surface area contributed by atoms with Crippen LogP contribution in [0.25, 0.3) is 11.3 Å². The molecule has 2 aromatic rings. The Morgan fingerprint density at radius 1 is 1.26 bits per heavy atom. The zero-order chi connectivity index (χ0) is 13.5. The van der Waals surface area contributed by atoms with Gasteiger partial charge in [-0.3, -0.25) is 0 Å². The Bertz CT molecular complexity index is 596. The molecule has 1 aromatic heterocycles. The SMILES string of the molecule is CC(C)(CN)c1ncc(-c2ccc3c(c2)CCC3)[nH]1. The van der Waals surface area contributed by atoms with Crippen LogP contribution in [-0.4, -0.2) is 16.5 Å². The molecule has 1 aliphatic rings. The van der Waals surface area contributed by atoms with Crippen molar-refractivity contribution >= 4 is 0 Å². The highest BCUT2D eigenvalue weighted by atomic mass is 14.9. The van der Waals surface area contributed by atoms with Crippen LogP contribution in [0, 0.1) is 0 Å². The minimum absolute atomic E-state index is 0.102. The van der Waals surface area contributed by atoms with E-state index in [1.54, 1.807) is 0 Å². The molecule has 3 heteroatoms. The van der Waals surface area contributed by atoms with Gasteiger partial charge in [-0.1, -0.05) is 26.0 Å². The molecule has 0 spiro atoms. The number of nitrogens with zero attached hydrogens (tertiary/aromatic N) is 1. The number of nitrogens with one attached hydrogen (secondary N) is 1. The first kappa shape index (κ1) is 12.4. The number of imidazole rings is 1. The molecule has 0 aliphatic heterocycles. The highest BCUT2D eigenvalue weighted by Crippen LogP contribution is 2.28. The lowest BCUT2D eigenvalue weighted by molar-refractivity contribution is 0.508. The summed E-state index contributed by atoms with van der Waals surface area (Å²) < 4.78 is 0. The van der Waals surface area contributed by atoms with Gasteiger partial charge in [0.05, 0.1) is 11.9 Å². The van der Waals surface area contributed by atoms with E-state index in [4.69, 9.17) is 5.73 Å². The number of nitrogens with two attached hydrogens (primary N) is 1. The Labute approximate surface area is 114 Å². The quantitative estimate of drug-likeness (QED) is 0.886. The lowest BCUT2D eigenvalue weighted by Crippen LogP contribution is -2.29. The fourth-order valence-electron chi connectivity index (χ4n) is 2.65. The largest absolute Gasteiger partial charge is 0.342 e. The van der Waals surface area contributed by atoms with E-state index >= 15 is 0 Å². The smallest absolute Gasteiger partial charge is 0.113 e. The van der Waals surface area contributed by atoms with Crippen LogP contribution in [0.2, 0.25) is 0 Å². The van der Waals surface area contributed by atoms with E-state index in [1.807, 2.05) is 6.20 Å². The summed E-state index contributed by atoms with van der Waals surface area (Å²) in [5, 5.41) is 0. The van der Waals surface area contributed by atoms with Crippen LogP contribution in [0.3, 0.4) is 0 Å². The van der Waals surface area contributed by atoms with E-state index < -0.39 is 0 Å². The van der Waals surface area contributed by atoms with Gasteiger partial charge in [-0.25, -0.2) is 4.98 Å². The van der Waals surface area contributed by atoms with Gasteiger partial charge in [-0.15, -0.1) is 0 Å². The average molecular weight is 255 g/mol. The summed E-state index contributed by atoms with van der Waals surface area (Å²) in [7, 11) is 0. The number of aryl methyl sites for hydroxylation is 2. The third-order valence-corrected chi connectivity index (χ3v) is 4.14. The zero-order valence-electron chi connectivity index (χ0n) is 11.7. The number of benzene rings is 1. The molecule has 0 atom stereocenters. The van der Waals surface area contributed by atoms with Crippen molar-refractivity contribution in [2.45, 2.75) is 38.5 Å². The van der Waals surface area contributed by atoms with Gasteiger partial charge in [0.1, 0.15) is 5.82 Å². The minimum atomic E-state index is -0.102. The maximum atomic E-state index is 5.80. The molecule has 100 valence electrons. The molecule has 1 aromatic carbocycles. The molecule has 0 amide bonds. The summed E-state index contributed by atoms with van der Waals surface area (Å²) in [4.78, 5) is 7.91. The van der Waals surface area contributed by atoms with Crippen LogP contribution in [0.15, 0.2) is 24.4 Å². The molecule has 0 fully saturated rings. The van der Waals surface area contributed by atoms with E-state index in [2.05, 4.69) is 42.0 Å². The van der Waals surface area contributed by atoms with Gasteiger partial charge in [-0.2, -0.15) is 0 Å². The number of hydrogen-bond acceptors (Lipinski definition) is 2. The van der Waals surface area contributed by atoms with Crippen molar-refractivity contribution in [2.75, 3.05) is 6.54 Å². The second-order valence-electron chi connectivity index (χ2n) is 6.07. The molecule has 3 N–H and O–H groups in total. The highest BCUT2D eigenvalue weighted by molar-refractivity contribution is 5.61. The van der Waals surface area contributed by atoms with E-state index in [0.717, 1.165) is 11.5 Å². The second-order valence-corrected chi connectivity index (χ2v) is 6.07. The van der Waals surface area contributed by atoms with Gasteiger partial charge in [0, 0.05) is 12.0 Å². The number of rotatable bonds is 3. The van der Waals surface area contributed by atoms with Crippen molar-refractivity contribution < 1.29 is 0 Å². The average Bonchev–Trinajstić information content (AvgIpc) is 3.06. The molecule has 1 aliphatic carbocycles. The standard InChI is InChI=1S/C16H21N3/c1-16(2,10-17)15-18-9-14(19-15)13-7-6-11-4-3-5-12(11)8-13/h6-9H,3-5,10,17H2,1-2H3,(H,18,19). The lowest BCUT2D eigenvalue weighted by atomic mass is 9.93. The Hall–Kier alpha value is -1.61. The van der Waals surface area contributed by atoms with E-state index in [-0.39, 0.29) is 5.41 Å². The number of aromatic nitrogens is 2. The fourth-order valence-corrected chi connectivity index (χ4v) is 2.65. The van der Waals surface area contributed by atoms with Crippen molar-refractivity contribution in [1.82, 2.24) is 9.97 Å². The van der Waals surface area contributed by atoms with Crippen LogP contribution < -0.4 is 5.73 Å². The normalized spacial score (nSPS) is 14.7. The Balaban J connectivity index is 1.95. The molecule has 0 unspecified atom stereocenters. The summed E-state index contributed by atoms with van der Waals surface area (Å²) in [5.41, 5.74) is 11.0. The zero-order valence-corrected chi connectivity index (χ0v) is 11.7. The summed E-state index contributed by atoms with van der Waals surface area (Å²) in [6.07, 6.45) is 5.64. The van der Waals surface area contributed by atoms with Gasteiger partial charge in [0.15, 0.2) is 0 Å². The van der Waals surface area contributed by atoms with Crippen LogP contribution >= 0.6 is 0 Å².